The van der Waals surface area contributed by atoms with Gasteiger partial charge in [-0.25, -0.2) is 9.97 Å². The van der Waals surface area contributed by atoms with Crippen LogP contribution in [0.1, 0.15) is 83.0 Å². The largest absolute Gasteiger partial charge is 0.308 e. The minimum Gasteiger partial charge on any atom is -0.308 e. The summed E-state index contributed by atoms with van der Waals surface area (Å²) in [5, 5.41) is 3.48. The number of aromatic nitrogens is 2. The van der Waals surface area contributed by atoms with Crippen LogP contribution in [0.15, 0.2) is 12.4 Å². The molecule has 0 amide bonds. The van der Waals surface area contributed by atoms with Crippen LogP contribution in [0.25, 0.3) is 0 Å². The molecule has 0 aliphatic heterocycles. The summed E-state index contributed by atoms with van der Waals surface area (Å²) in [6.45, 7) is 7.37. The fourth-order valence-electron chi connectivity index (χ4n) is 2.75. The monoisotopic (exact) mass is 275 g/mol. The van der Waals surface area contributed by atoms with Gasteiger partial charge < -0.3 is 5.32 Å². The molecular formula is C17H29N3. The Labute approximate surface area is 123 Å². The SMILES string of the molecule is CC(C)(C)NCc1cnc(C2CCCCCCC2)nc1. The standard InChI is InChI=1S/C17H29N3/c1-17(2,3)20-13-14-11-18-16(19-12-14)15-9-7-5-4-6-8-10-15/h11-12,15,20H,4-10,13H2,1-3H3. The molecule has 1 heterocycles. The molecule has 1 aliphatic carbocycles. The van der Waals surface area contributed by atoms with Gasteiger partial charge in [0.15, 0.2) is 0 Å². The molecule has 20 heavy (non-hydrogen) atoms. The van der Waals surface area contributed by atoms with Crippen LogP contribution in [0.2, 0.25) is 0 Å². The second-order valence-electron chi connectivity index (χ2n) is 7.10. The Hall–Kier alpha value is -0.960. The summed E-state index contributed by atoms with van der Waals surface area (Å²) in [5.41, 5.74) is 1.31. The van der Waals surface area contributed by atoms with E-state index in [2.05, 4.69) is 36.1 Å². The number of nitrogens with zero attached hydrogens (tertiary/aromatic N) is 2. The maximum atomic E-state index is 4.62. The van der Waals surface area contributed by atoms with Gasteiger partial charge in [0.05, 0.1) is 0 Å². The van der Waals surface area contributed by atoms with Crippen molar-refractivity contribution >= 4 is 0 Å². The van der Waals surface area contributed by atoms with Gasteiger partial charge >= 0.3 is 0 Å². The molecule has 112 valence electrons. The first-order chi connectivity index (χ1) is 9.54. The first-order valence-corrected chi connectivity index (χ1v) is 8.10. The Bertz CT molecular complexity index is 384. The number of nitrogens with one attached hydrogen (secondary N) is 1. The highest BCUT2D eigenvalue weighted by molar-refractivity contribution is 5.08. The highest BCUT2D eigenvalue weighted by Crippen LogP contribution is 2.28. The summed E-state index contributed by atoms with van der Waals surface area (Å²) < 4.78 is 0. The molecule has 1 aromatic heterocycles. The molecule has 0 atom stereocenters. The molecule has 0 saturated heterocycles. The molecule has 0 spiro atoms. The lowest BCUT2D eigenvalue weighted by molar-refractivity contribution is 0.422. The lowest BCUT2D eigenvalue weighted by Crippen LogP contribution is -2.35. The zero-order chi connectivity index (χ0) is 14.4. The van der Waals surface area contributed by atoms with E-state index >= 15 is 0 Å². The average Bonchev–Trinajstić information content (AvgIpc) is 2.36. The predicted octanol–water partition coefficient (Wildman–Crippen LogP) is 4.19. The van der Waals surface area contributed by atoms with Crippen LogP contribution in [-0.4, -0.2) is 15.5 Å². The third-order valence-corrected chi connectivity index (χ3v) is 4.02. The van der Waals surface area contributed by atoms with Crippen molar-refractivity contribution in [2.45, 2.75) is 83.7 Å². The van der Waals surface area contributed by atoms with E-state index in [1.165, 1.54) is 50.5 Å². The second-order valence-corrected chi connectivity index (χ2v) is 7.10. The molecule has 0 radical (unpaired) electrons. The highest BCUT2D eigenvalue weighted by atomic mass is 15.0. The van der Waals surface area contributed by atoms with Crippen molar-refractivity contribution in [3.05, 3.63) is 23.8 Å². The molecule has 0 bridgehead atoms. The van der Waals surface area contributed by atoms with Gasteiger partial charge in [0.2, 0.25) is 0 Å². The van der Waals surface area contributed by atoms with Crippen molar-refractivity contribution in [3.63, 3.8) is 0 Å². The van der Waals surface area contributed by atoms with Crippen LogP contribution in [-0.2, 0) is 6.54 Å². The van der Waals surface area contributed by atoms with Gasteiger partial charge in [-0.15, -0.1) is 0 Å². The minimum absolute atomic E-state index is 0.137. The van der Waals surface area contributed by atoms with Gasteiger partial charge in [0, 0.05) is 36.0 Å². The quantitative estimate of drug-likeness (QED) is 0.898. The van der Waals surface area contributed by atoms with Gasteiger partial charge in [-0.05, 0) is 33.6 Å². The van der Waals surface area contributed by atoms with Gasteiger partial charge in [0.25, 0.3) is 0 Å². The number of rotatable bonds is 3. The third-order valence-electron chi connectivity index (χ3n) is 4.02. The Balaban J connectivity index is 1.92. The van der Waals surface area contributed by atoms with Crippen molar-refractivity contribution in [1.82, 2.24) is 15.3 Å². The molecule has 2 rings (SSSR count). The zero-order valence-electron chi connectivity index (χ0n) is 13.3. The summed E-state index contributed by atoms with van der Waals surface area (Å²) >= 11 is 0. The maximum absolute atomic E-state index is 4.62. The number of hydrogen-bond acceptors (Lipinski definition) is 3. The lowest BCUT2D eigenvalue weighted by Gasteiger charge is -2.21. The van der Waals surface area contributed by atoms with E-state index in [1.54, 1.807) is 0 Å². The first kappa shape index (κ1) is 15.4. The molecule has 1 saturated carbocycles. The van der Waals surface area contributed by atoms with E-state index in [0.717, 1.165) is 12.4 Å². The summed E-state index contributed by atoms with van der Waals surface area (Å²) in [6, 6.07) is 0. The Morgan fingerprint density at radius 2 is 1.55 bits per heavy atom. The average molecular weight is 275 g/mol. The van der Waals surface area contributed by atoms with Crippen LogP contribution in [0.4, 0.5) is 0 Å². The Kier molecular flexibility index (Phi) is 5.53. The molecule has 1 aliphatic rings. The fourth-order valence-corrected chi connectivity index (χ4v) is 2.75. The van der Waals surface area contributed by atoms with E-state index < -0.39 is 0 Å². The minimum atomic E-state index is 0.137. The second kappa shape index (κ2) is 7.16. The number of hydrogen-bond donors (Lipinski definition) is 1. The summed E-state index contributed by atoms with van der Waals surface area (Å²) in [4.78, 5) is 9.25. The van der Waals surface area contributed by atoms with Crippen LogP contribution in [0, 0.1) is 0 Å². The van der Waals surface area contributed by atoms with Crippen LogP contribution >= 0.6 is 0 Å². The molecule has 1 aromatic rings. The Morgan fingerprint density at radius 1 is 1.00 bits per heavy atom. The van der Waals surface area contributed by atoms with Gasteiger partial charge in [-0.2, -0.15) is 0 Å². The fraction of sp³-hybridized carbons (Fsp3) is 0.765. The molecule has 1 N–H and O–H groups in total. The van der Waals surface area contributed by atoms with Gasteiger partial charge in [0.1, 0.15) is 5.82 Å². The van der Waals surface area contributed by atoms with E-state index in [9.17, 15) is 0 Å². The van der Waals surface area contributed by atoms with Crippen molar-refractivity contribution in [3.8, 4) is 0 Å². The van der Waals surface area contributed by atoms with Crippen molar-refractivity contribution in [2.24, 2.45) is 0 Å². The smallest absolute Gasteiger partial charge is 0.131 e. The molecule has 3 nitrogen and oxygen atoms in total. The highest BCUT2D eigenvalue weighted by Gasteiger charge is 2.16. The van der Waals surface area contributed by atoms with Crippen molar-refractivity contribution in [1.29, 1.82) is 0 Å². The van der Waals surface area contributed by atoms with E-state index in [0.29, 0.717) is 5.92 Å². The maximum Gasteiger partial charge on any atom is 0.131 e. The normalized spacial score (nSPS) is 18.6. The molecule has 0 unspecified atom stereocenters. The zero-order valence-corrected chi connectivity index (χ0v) is 13.3. The molecule has 0 aromatic carbocycles. The molecule has 1 fully saturated rings. The third kappa shape index (κ3) is 5.20. The topological polar surface area (TPSA) is 37.8 Å². The molecular weight excluding hydrogens is 246 g/mol. The van der Waals surface area contributed by atoms with E-state index in [4.69, 9.17) is 0 Å². The molecule has 3 heteroatoms. The summed E-state index contributed by atoms with van der Waals surface area (Å²) in [7, 11) is 0. The predicted molar refractivity (Wildman–Crippen MR) is 83.7 cm³/mol. The summed E-state index contributed by atoms with van der Waals surface area (Å²) in [6.07, 6.45) is 13.4. The van der Waals surface area contributed by atoms with Crippen LogP contribution in [0.3, 0.4) is 0 Å². The van der Waals surface area contributed by atoms with Crippen molar-refractivity contribution < 1.29 is 0 Å². The van der Waals surface area contributed by atoms with Crippen LogP contribution < -0.4 is 5.32 Å². The first-order valence-electron chi connectivity index (χ1n) is 8.10. The van der Waals surface area contributed by atoms with E-state index in [1.807, 2.05) is 12.4 Å². The van der Waals surface area contributed by atoms with Gasteiger partial charge in [-0.3, -0.25) is 0 Å². The Morgan fingerprint density at radius 3 is 2.10 bits per heavy atom. The van der Waals surface area contributed by atoms with Crippen LogP contribution in [0.5, 0.6) is 0 Å². The van der Waals surface area contributed by atoms with E-state index in [-0.39, 0.29) is 5.54 Å². The van der Waals surface area contributed by atoms with Crippen molar-refractivity contribution in [2.75, 3.05) is 0 Å². The summed E-state index contributed by atoms with van der Waals surface area (Å²) in [5.74, 6) is 1.64. The lowest BCUT2D eigenvalue weighted by atomic mass is 9.90. The van der Waals surface area contributed by atoms with Gasteiger partial charge in [-0.1, -0.05) is 32.1 Å².